The monoisotopic (exact) mass is 153 g/mol. The largest absolute Gasteiger partial charge is 0.480 e. The van der Waals surface area contributed by atoms with Crippen molar-refractivity contribution in [3.63, 3.8) is 0 Å². The van der Waals surface area contributed by atoms with Crippen molar-refractivity contribution < 1.29 is 9.90 Å². The van der Waals surface area contributed by atoms with E-state index in [2.05, 4.69) is 11.4 Å². The van der Waals surface area contributed by atoms with Crippen LogP contribution in [0.15, 0.2) is 11.6 Å². The Morgan fingerprint density at radius 2 is 2.55 bits per heavy atom. The number of hydrogen-bond acceptors (Lipinski definition) is 2. The molecular weight excluding hydrogens is 142 g/mol. The van der Waals surface area contributed by atoms with Gasteiger partial charge in [-0.25, -0.2) is 0 Å². The normalized spacial score (nSPS) is 35.1. The second-order valence-electron chi connectivity index (χ2n) is 3.16. The van der Waals surface area contributed by atoms with Gasteiger partial charge in [-0.05, 0) is 12.8 Å². The number of fused-ring (bicyclic) bond motifs is 1. The molecule has 3 heteroatoms. The molecule has 3 nitrogen and oxygen atoms in total. The van der Waals surface area contributed by atoms with Gasteiger partial charge in [0.1, 0.15) is 6.04 Å². The van der Waals surface area contributed by atoms with Crippen LogP contribution in [0.1, 0.15) is 12.8 Å². The molecule has 0 aromatic heterocycles. The molecule has 1 saturated heterocycles. The summed E-state index contributed by atoms with van der Waals surface area (Å²) < 4.78 is 0. The van der Waals surface area contributed by atoms with Gasteiger partial charge in [-0.1, -0.05) is 11.6 Å². The van der Waals surface area contributed by atoms with Gasteiger partial charge in [-0.2, -0.15) is 0 Å². The third-order valence-electron chi connectivity index (χ3n) is 2.55. The van der Waals surface area contributed by atoms with Gasteiger partial charge in [0.25, 0.3) is 0 Å². The minimum Gasteiger partial charge on any atom is -0.480 e. The molecule has 0 amide bonds. The fourth-order valence-electron chi connectivity index (χ4n) is 2.00. The molecule has 1 aliphatic carbocycles. The van der Waals surface area contributed by atoms with Gasteiger partial charge < -0.3 is 10.4 Å². The maximum Gasteiger partial charge on any atom is 0.321 e. The van der Waals surface area contributed by atoms with Crippen LogP contribution in [0.3, 0.4) is 0 Å². The number of allylic oxidation sites excluding steroid dienone is 1. The van der Waals surface area contributed by atoms with Crippen molar-refractivity contribution in [1.82, 2.24) is 5.32 Å². The van der Waals surface area contributed by atoms with E-state index in [1.165, 1.54) is 5.57 Å². The van der Waals surface area contributed by atoms with E-state index in [1.807, 2.05) is 0 Å². The third kappa shape index (κ3) is 0.959. The lowest BCUT2D eigenvalue weighted by molar-refractivity contribution is -0.139. The van der Waals surface area contributed by atoms with Gasteiger partial charge in [0.15, 0.2) is 0 Å². The van der Waals surface area contributed by atoms with Crippen molar-refractivity contribution in [2.24, 2.45) is 5.92 Å². The van der Waals surface area contributed by atoms with Crippen molar-refractivity contribution in [3.05, 3.63) is 11.6 Å². The number of rotatable bonds is 1. The number of carboxylic acid groups (broad SMARTS) is 1. The molecule has 11 heavy (non-hydrogen) atoms. The van der Waals surface area contributed by atoms with E-state index in [4.69, 9.17) is 5.11 Å². The molecule has 0 aromatic carbocycles. The molecule has 1 aliphatic heterocycles. The van der Waals surface area contributed by atoms with E-state index in [-0.39, 0.29) is 12.0 Å². The van der Waals surface area contributed by atoms with Crippen molar-refractivity contribution >= 4 is 5.97 Å². The van der Waals surface area contributed by atoms with Crippen LogP contribution >= 0.6 is 0 Å². The van der Waals surface area contributed by atoms with Crippen LogP contribution in [0.5, 0.6) is 0 Å². The Morgan fingerprint density at radius 1 is 1.73 bits per heavy atom. The fourth-order valence-corrected chi connectivity index (χ4v) is 2.00. The summed E-state index contributed by atoms with van der Waals surface area (Å²) in [5.41, 5.74) is 1.30. The van der Waals surface area contributed by atoms with Crippen molar-refractivity contribution in [3.8, 4) is 0 Å². The summed E-state index contributed by atoms with van der Waals surface area (Å²) in [6.07, 6.45) is 4.24. The smallest absolute Gasteiger partial charge is 0.321 e. The van der Waals surface area contributed by atoms with E-state index in [0.717, 1.165) is 19.4 Å². The number of carbonyl (C=O) groups is 1. The second kappa shape index (κ2) is 2.34. The molecule has 0 spiro atoms. The maximum atomic E-state index is 10.7. The third-order valence-corrected chi connectivity index (χ3v) is 2.55. The lowest BCUT2D eigenvalue weighted by Crippen LogP contribution is -2.35. The molecule has 0 aromatic rings. The Kier molecular flexibility index (Phi) is 1.46. The van der Waals surface area contributed by atoms with Crippen LogP contribution in [-0.2, 0) is 4.79 Å². The molecular formula is C8H11NO2. The van der Waals surface area contributed by atoms with Gasteiger partial charge in [-0.3, -0.25) is 4.79 Å². The molecule has 2 rings (SSSR count). The summed E-state index contributed by atoms with van der Waals surface area (Å²) in [5.74, 6) is -0.423. The molecule has 0 saturated carbocycles. The minimum atomic E-state index is -0.708. The number of carboxylic acids is 1. The van der Waals surface area contributed by atoms with Crippen LogP contribution in [0.25, 0.3) is 0 Å². The Balaban J connectivity index is 2.17. The number of aliphatic carboxylic acids is 1. The zero-order valence-electron chi connectivity index (χ0n) is 6.21. The highest BCUT2D eigenvalue weighted by molar-refractivity contribution is 5.75. The maximum absolute atomic E-state index is 10.7. The zero-order chi connectivity index (χ0) is 7.84. The lowest BCUT2D eigenvalue weighted by Gasteiger charge is -2.10. The van der Waals surface area contributed by atoms with Crippen molar-refractivity contribution in [2.45, 2.75) is 18.9 Å². The van der Waals surface area contributed by atoms with Gasteiger partial charge in [-0.15, -0.1) is 0 Å². The predicted molar refractivity (Wildman–Crippen MR) is 40.2 cm³/mol. The Labute approximate surface area is 65.1 Å². The first kappa shape index (κ1) is 6.85. The van der Waals surface area contributed by atoms with E-state index >= 15 is 0 Å². The average Bonchev–Trinajstić information content (AvgIpc) is 2.41. The second-order valence-corrected chi connectivity index (χ2v) is 3.16. The van der Waals surface area contributed by atoms with E-state index < -0.39 is 5.97 Å². The van der Waals surface area contributed by atoms with Crippen LogP contribution < -0.4 is 5.32 Å². The first-order valence-electron chi connectivity index (χ1n) is 3.94. The van der Waals surface area contributed by atoms with E-state index in [9.17, 15) is 4.79 Å². The SMILES string of the molecule is O=C(O)C1NCC2=CCCC21. The van der Waals surface area contributed by atoms with Crippen molar-refractivity contribution in [1.29, 1.82) is 0 Å². The van der Waals surface area contributed by atoms with Crippen molar-refractivity contribution in [2.75, 3.05) is 6.54 Å². The summed E-state index contributed by atoms with van der Waals surface area (Å²) in [6, 6.07) is -0.316. The number of nitrogens with one attached hydrogen (secondary N) is 1. The molecule has 2 aliphatic rings. The number of hydrogen-bond donors (Lipinski definition) is 2. The van der Waals surface area contributed by atoms with Gasteiger partial charge in [0.2, 0.25) is 0 Å². The van der Waals surface area contributed by atoms with Gasteiger partial charge in [0, 0.05) is 12.5 Å². The highest BCUT2D eigenvalue weighted by Crippen LogP contribution is 2.32. The van der Waals surface area contributed by atoms with Crippen LogP contribution in [0.2, 0.25) is 0 Å². The van der Waals surface area contributed by atoms with E-state index in [1.54, 1.807) is 0 Å². The Hall–Kier alpha value is -0.830. The van der Waals surface area contributed by atoms with Crippen LogP contribution in [0, 0.1) is 5.92 Å². The molecule has 2 N–H and O–H groups in total. The first-order valence-corrected chi connectivity index (χ1v) is 3.94. The molecule has 60 valence electrons. The molecule has 2 atom stereocenters. The van der Waals surface area contributed by atoms with Gasteiger partial charge in [0.05, 0.1) is 0 Å². The summed E-state index contributed by atoms with van der Waals surface area (Å²) in [5, 5.41) is 11.8. The molecule has 2 unspecified atom stereocenters. The summed E-state index contributed by atoms with van der Waals surface area (Å²) in [4.78, 5) is 10.7. The highest BCUT2D eigenvalue weighted by atomic mass is 16.4. The highest BCUT2D eigenvalue weighted by Gasteiger charge is 2.37. The quantitative estimate of drug-likeness (QED) is 0.535. The first-order chi connectivity index (χ1) is 5.29. The molecule has 1 heterocycles. The van der Waals surface area contributed by atoms with Crippen LogP contribution in [0.4, 0.5) is 0 Å². The van der Waals surface area contributed by atoms with Crippen LogP contribution in [-0.4, -0.2) is 23.7 Å². The Morgan fingerprint density at radius 3 is 3.27 bits per heavy atom. The summed E-state index contributed by atoms with van der Waals surface area (Å²) in [7, 11) is 0. The zero-order valence-corrected chi connectivity index (χ0v) is 6.21. The molecule has 0 radical (unpaired) electrons. The predicted octanol–water partition coefficient (Wildman–Crippen LogP) is 0.379. The minimum absolute atomic E-state index is 0.285. The van der Waals surface area contributed by atoms with E-state index in [0.29, 0.717) is 0 Å². The van der Waals surface area contributed by atoms with Gasteiger partial charge >= 0.3 is 5.97 Å². The standard InChI is InChI=1S/C8H11NO2/c10-8(11)7-6-3-1-2-5(6)4-9-7/h2,6-7,9H,1,3-4H2,(H,10,11). The molecule has 1 fully saturated rings. The summed E-state index contributed by atoms with van der Waals surface area (Å²) >= 11 is 0. The fraction of sp³-hybridized carbons (Fsp3) is 0.625. The average molecular weight is 153 g/mol. The lowest BCUT2D eigenvalue weighted by atomic mass is 9.98. The summed E-state index contributed by atoms with van der Waals surface area (Å²) in [6.45, 7) is 0.779. The topological polar surface area (TPSA) is 49.3 Å². The Bertz CT molecular complexity index is 222. The molecule has 0 bridgehead atoms.